The van der Waals surface area contributed by atoms with Crippen molar-refractivity contribution in [3.63, 3.8) is 0 Å². The van der Waals surface area contributed by atoms with E-state index in [0.717, 1.165) is 35.9 Å². The first-order valence-corrected chi connectivity index (χ1v) is 12.7. The van der Waals surface area contributed by atoms with E-state index in [4.69, 9.17) is 0 Å². The summed E-state index contributed by atoms with van der Waals surface area (Å²) >= 11 is 0. The molecule has 0 unspecified atom stereocenters. The molecule has 0 saturated carbocycles. The van der Waals surface area contributed by atoms with E-state index in [1.807, 2.05) is 42.5 Å². The molecular formula is C29H25N7O3. The molecule has 194 valence electrons. The fourth-order valence-corrected chi connectivity index (χ4v) is 5.07. The Bertz CT molecular complexity index is 1890. The number of carboxylic acids is 1. The summed E-state index contributed by atoms with van der Waals surface area (Å²) in [5.74, 6) is -0.574. The largest absolute Gasteiger partial charge is 0.478 e. The van der Waals surface area contributed by atoms with Gasteiger partial charge in [-0.3, -0.25) is 9.36 Å². The topological polar surface area (TPSA) is 132 Å². The third-order valence-corrected chi connectivity index (χ3v) is 6.94. The van der Waals surface area contributed by atoms with E-state index in [1.54, 1.807) is 18.2 Å². The van der Waals surface area contributed by atoms with Gasteiger partial charge in [-0.05, 0) is 60.0 Å². The van der Waals surface area contributed by atoms with Crippen LogP contribution in [0.1, 0.15) is 41.4 Å². The fourth-order valence-electron chi connectivity index (χ4n) is 5.07. The summed E-state index contributed by atoms with van der Waals surface area (Å²) in [5.41, 5.74) is 4.59. The molecule has 0 radical (unpaired) electrons. The molecule has 2 N–H and O–H groups in total. The average Bonchev–Trinajstić information content (AvgIpc) is 3.61. The number of rotatable bonds is 8. The van der Waals surface area contributed by atoms with Crippen LogP contribution in [0.4, 0.5) is 0 Å². The SMILES string of the molecule is CCCCc1cc2cccc(C(=O)O)c2n1Cc1ccc2c(=O)n(-c3ccccc3-c3nn[nH]n3)cnc2c1. The van der Waals surface area contributed by atoms with Crippen LogP contribution in [0.3, 0.4) is 0 Å². The van der Waals surface area contributed by atoms with Crippen LogP contribution in [0.25, 0.3) is 38.9 Å². The molecule has 0 bridgehead atoms. The average molecular weight is 520 g/mol. The molecule has 0 amide bonds. The molecule has 0 aliphatic carbocycles. The molecule has 6 rings (SSSR count). The maximum Gasteiger partial charge on any atom is 0.337 e. The highest BCUT2D eigenvalue weighted by molar-refractivity contribution is 6.02. The number of carbonyl (C=O) groups is 1. The highest BCUT2D eigenvalue weighted by Crippen LogP contribution is 2.27. The Labute approximate surface area is 222 Å². The van der Waals surface area contributed by atoms with Crippen LogP contribution in [0, 0.1) is 0 Å². The molecule has 3 aromatic heterocycles. The van der Waals surface area contributed by atoms with Gasteiger partial charge in [-0.1, -0.05) is 43.7 Å². The molecule has 0 fully saturated rings. The predicted molar refractivity (Wildman–Crippen MR) is 147 cm³/mol. The quantitative estimate of drug-likeness (QED) is 0.300. The van der Waals surface area contributed by atoms with E-state index >= 15 is 0 Å². The summed E-state index contributed by atoms with van der Waals surface area (Å²) in [6.07, 6.45) is 4.40. The Hall–Kier alpha value is -5.12. The lowest BCUT2D eigenvalue weighted by Gasteiger charge is -2.14. The van der Waals surface area contributed by atoms with E-state index < -0.39 is 5.97 Å². The highest BCUT2D eigenvalue weighted by atomic mass is 16.4. The molecule has 10 nitrogen and oxygen atoms in total. The van der Waals surface area contributed by atoms with E-state index in [1.165, 1.54) is 10.9 Å². The zero-order valence-electron chi connectivity index (χ0n) is 21.2. The van der Waals surface area contributed by atoms with Crippen molar-refractivity contribution in [2.75, 3.05) is 0 Å². The van der Waals surface area contributed by atoms with Gasteiger partial charge < -0.3 is 9.67 Å². The number of carboxylic acid groups (broad SMARTS) is 1. The van der Waals surface area contributed by atoms with Crippen molar-refractivity contribution in [2.45, 2.75) is 32.7 Å². The number of aromatic carboxylic acids is 1. The maximum atomic E-state index is 13.5. The molecule has 0 spiro atoms. The van der Waals surface area contributed by atoms with Crippen molar-refractivity contribution < 1.29 is 9.90 Å². The molecule has 6 aromatic rings. The van der Waals surface area contributed by atoms with Crippen molar-refractivity contribution >= 4 is 27.8 Å². The summed E-state index contributed by atoms with van der Waals surface area (Å²) in [5, 5.41) is 25.4. The number of aromatic amines is 1. The summed E-state index contributed by atoms with van der Waals surface area (Å²) in [7, 11) is 0. The maximum absolute atomic E-state index is 13.5. The van der Waals surface area contributed by atoms with E-state index in [2.05, 4.69) is 43.2 Å². The minimum atomic E-state index is -0.955. The molecule has 10 heteroatoms. The summed E-state index contributed by atoms with van der Waals surface area (Å²) in [4.78, 5) is 30.2. The van der Waals surface area contributed by atoms with Crippen molar-refractivity contribution in [3.05, 3.63) is 100 Å². The van der Waals surface area contributed by atoms with Gasteiger partial charge in [0.15, 0.2) is 0 Å². The number of H-pyrrole nitrogens is 1. The van der Waals surface area contributed by atoms with Gasteiger partial charge in [-0.2, -0.15) is 5.21 Å². The first-order valence-electron chi connectivity index (χ1n) is 12.7. The lowest BCUT2D eigenvalue weighted by molar-refractivity contribution is 0.0698. The number of nitrogens with one attached hydrogen (secondary N) is 1. The van der Waals surface area contributed by atoms with Crippen LogP contribution in [-0.2, 0) is 13.0 Å². The first-order chi connectivity index (χ1) is 19.0. The molecular weight excluding hydrogens is 494 g/mol. The Morgan fingerprint density at radius 1 is 1.05 bits per heavy atom. The zero-order valence-corrected chi connectivity index (χ0v) is 21.2. The van der Waals surface area contributed by atoms with Crippen LogP contribution in [-0.4, -0.2) is 45.8 Å². The van der Waals surface area contributed by atoms with Gasteiger partial charge in [0.25, 0.3) is 5.56 Å². The van der Waals surface area contributed by atoms with E-state index in [-0.39, 0.29) is 11.1 Å². The smallest absolute Gasteiger partial charge is 0.337 e. The van der Waals surface area contributed by atoms with Crippen LogP contribution in [0.15, 0.2) is 77.9 Å². The van der Waals surface area contributed by atoms with Gasteiger partial charge in [-0.25, -0.2) is 9.78 Å². The Morgan fingerprint density at radius 3 is 2.72 bits per heavy atom. The van der Waals surface area contributed by atoms with Gasteiger partial charge in [-0.15, -0.1) is 10.2 Å². The highest BCUT2D eigenvalue weighted by Gasteiger charge is 2.18. The summed E-state index contributed by atoms with van der Waals surface area (Å²) in [6, 6.07) is 20.3. The second-order valence-corrected chi connectivity index (χ2v) is 9.40. The normalized spacial score (nSPS) is 11.4. The number of hydrogen-bond acceptors (Lipinski definition) is 6. The van der Waals surface area contributed by atoms with Gasteiger partial charge in [0.1, 0.15) is 6.33 Å². The molecule has 0 saturated heterocycles. The van der Waals surface area contributed by atoms with Gasteiger partial charge >= 0.3 is 5.97 Å². The Kier molecular flexibility index (Phi) is 6.20. The van der Waals surface area contributed by atoms with Crippen LogP contribution >= 0.6 is 0 Å². The zero-order chi connectivity index (χ0) is 26.9. The Balaban J connectivity index is 1.43. The minimum Gasteiger partial charge on any atom is -0.478 e. The van der Waals surface area contributed by atoms with Gasteiger partial charge in [0, 0.05) is 23.2 Å². The second kappa shape index (κ2) is 9.97. The number of unbranched alkanes of at least 4 members (excludes halogenated alkanes) is 1. The first kappa shape index (κ1) is 24.2. The van der Waals surface area contributed by atoms with Crippen molar-refractivity contribution in [1.82, 2.24) is 34.7 Å². The van der Waals surface area contributed by atoms with Crippen LogP contribution in [0.2, 0.25) is 0 Å². The van der Waals surface area contributed by atoms with Crippen molar-refractivity contribution in [1.29, 1.82) is 0 Å². The number of tetrazole rings is 1. The molecule has 39 heavy (non-hydrogen) atoms. The number of para-hydroxylation sites is 2. The van der Waals surface area contributed by atoms with Crippen LogP contribution < -0.4 is 5.56 Å². The Morgan fingerprint density at radius 2 is 1.92 bits per heavy atom. The molecule has 3 aromatic carbocycles. The lowest BCUT2D eigenvalue weighted by atomic mass is 10.1. The fraction of sp³-hybridized carbons (Fsp3) is 0.172. The van der Waals surface area contributed by atoms with Gasteiger partial charge in [0.05, 0.1) is 27.7 Å². The van der Waals surface area contributed by atoms with Gasteiger partial charge in [0.2, 0.25) is 5.82 Å². The predicted octanol–water partition coefficient (Wildman–Crippen LogP) is 4.61. The second-order valence-electron chi connectivity index (χ2n) is 9.40. The third kappa shape index (κ3) is 4.35. The molecule has 0 aliphatic heterocycles. The molecule has 0 atom stereocenters. The number of benzene rings is 3. The van der Waals surface area contributed by atoms with E-state index in [0.29, 0.717) is 40.0 Å². The van der Waals surface area contributed by atoms with Crippen LogP contribution in [0.5, 0.6) is 0 Å². The summed E-state index contributed by atoms with van der Waals surface area (Å²) < 4.78 is 3.56. The number of hydrogen-bond donors (Lipinski definition) is 2. The lowest BCUT2D eigenvalue weighted by Crippen LogP contribution is -2.19. The number of aryl methyl sites for hydroxylation is 1. The van der Waals surface area contributed by atoms with Crippen molar-refractivity contribution in [3.8, 4) is 17.1 Å². The van der Waals surface area contributed by atoms with Crippen molar-refractivity contribution in [2.24, 2.45) is 0 Å². The van der Waals surface area contributed by atoms with E-state index in [9.17, 15) is 14.7 Å². The summed E-state index contributed by atoms with van der Waals surface area (Å²) in [6.45, 7) is 2.60. The monoisotopic (exact) mass is 519 g/mol. The number of fused-ring (bicyclic) bond motifs is 2. The molecule has 0 aliphatic rings. The standard InChI is InChI=1S/C29H25N7O3/c1-2-3-8-20-15-19-7-6-10-23(29(38)39)26(19)35(20)16-18-12-13-21-24(14-18)30-17-36(28(21)37)25-11-5-4-9-22(25)27-31-33-34-32-27/h4-7,9-15,17H,2-3,8,16H2,1H3,(H,38,39)(H,31,32,33,34). The molecule has 3 heterocycles. The number of nitrogens with zero attached hydrogens (tertiary/aromatic N) is 6. The minimum absolute atomic E-state index is 0.217. The number of aromatic nitrogens is 7. The third-order valence-electron chi connectivity index (χ3n) is 6.94.